The Morgan fingerprint density at radius 1 is 0.926 bits per heavy atom. The number of aliphatic hydroxyl groups excluding tert-OH is 1. The summed E-state index contributed by atoms with van der Waals surface area (Å²) in [6.45, 7) is 7.09. The van der Waals surface area contributed by atoms with Crippen molar-refractivity contribution in [3.8, 4) is 0 Å². The minimum atomic E-state index is -0.0414. The molecule has 8 atom stereocenters. The molecule has 3 heteroatoms. The van der Waals surface area contributed by atoms with Gasteiger partial charge in [-0.05, 0) is 119 Å². The zero-order valence-corrected chi connectivity index (χ0v) is 18.3. The van der Waals surface area contributed by atoms with E-state index in [1.165, 1.54) is 51.4 Å². The largest absolute Gasteiger partial charge is 0.393 e. The molecule has 0 aromatic carbocycles. The lowest BCUT2D eigenvalue weighted by Gasteiger charge is -2.60. The maximum absolute atomic E-state index is 10.6. The second kappa shape index (κ2) is 7.61. The third-order valence-electron chi connectivity index (χ3n) is 9.67. The summed E-state index contributed by atoms with van der Waals surface area (Å²) >= 11 is 0. The predicted molar refractivity (Wildman–Crippen MR) is 111 cm³/mol. The second-order valence-corrected chi connectivity index (χ2v) is 11.2. The van der Waals surface area contributed by atoms with E-state index in [-0.39, 0.29) is 11.5 Å². The first-order valence-corrected chi connectivity index (χ1v) is 11.8. The molecule has 0 saturated heterocycles. The third-order valence-corrected chi connectivity index (χ3v) is 9.67. The van der Waals surface area contributed by atoms with Crippen LogP contribution in [0, 0.1) is 34.5 Å². The average Bonchev–Trinajstić information content (AvgIpc) is 2.94. The lowest BCUT2D eigenvalue weighted by Crippen LogP contribution is -2.54. The Labute approximate surface area is 167 Å². The highest BCUT2D eigenvalue weighted by Gasteiger charge is 2.60. The van der Waals surface area contributed by atoms with Crippen molar-refractivity contribution in [2.24, 2.45) is 34.5 Å². The molecule has 1 N–H and O–H groups in total. The summed E-state index contributed by atoms with van der Waals surface area (Å²) in [5, 5.41) is 10.6. The van der Waals surface area contributed by atoms with E-state index in [1.54, 1.807) is 0 Å². The fourth-order valence-electron chi connectivity index (χ4n) is 7.97. The van der Waals surface area contributed by atoms with Crippen molar-refractivity contribution >= 4 is 0 Å². The van der Waals surface area contributed by atoms with E-state index in [1.807, 2.05) is 0 Å². The van der Waals surface area contributed by atoms with Gasteiger partial charge >= 0.3 is 0 Å². The van der Waals surface area contributed by atoms with E-state index >= 15 is 0 Å². The first-order chi connectivity index (χ1) is 12.8. The highest BCUT2D eigenvalue weighted by molar-refractivity contribution is 5.09. The summed E-state index contributed by atoms with van der Waals surface area (Å²) in [5.74, 6) is 3.42. The van der Waals surface area contributed by atoms with Crippen molar-refractivity contribution in [1.82, 2.24) is 4.90 Å². The van der Waals surface area contributed by atoms with Crippen molar-refractivity contribution in [1.29, 1.82) is 0 Å². The molecule has 0 aliphatic heterocycles. The van der Waals surface area contributed by atoms with Crippen LogP contribution in [0.3, 0.4) is 0 Å². The van der Waals surface area contributed by atoms with Gasteiger partial charge in [-0.15, -0.1) is 0 Å². The number of fused-ring (bicyclic) bond motifs is 5. The smallest absolute Gasteiger partial charge is 0.0596 e. The van der Waals surface area contributed by atoms with Crippen LogP contribution < -0.4 is 0 Å². The molecule has 4 aliphatic carbocycles. The zero-order valence-electron chi connectivity index (χ0n) is 18.3. The van der Waals surface area contributed by atoms with Gasteiger partial charge < -0.3 is 14.7 Å². The molecular formula is C24H43NO2. The molecule has 0 radical (unpaired) electrons. The fourth-order valence-corrected chi connectivity index (χ4v) is 7.97. The zero-order chi connectivity index (χ0) is 19.2. The van der Waals surface area contributed by atoms with Gasteiger partial charge in [0.2, 0.25) is 0 Å². The van der Waals surface area contributed by atoms with Gasteiger partial charge in [0.25, 0.3) is 0 Å². The highest BCUT2D eigenvalue weighted by atomic mass is 16.5. The molecule has 0 bridgehead atoms. The monoisotopic (exact) mass is 377 g/mol. The van der Waals surface area contributed by atoms with E-state index in [0.717, 1.165) is 49.7 Å². The summed E-state index contributed by atoms with van der Waals surface area (Å²) in [6, 6.07) is 0. The number of ether oxygens (including phenoxy) is 1. The van der Waals surface area contributed by atoms with Gasteiger partial charge in [0.05, 0.1) is 12.2 Å². The molecule has 156 valence electrons. The van der Waals surface area contributed by atoms with Crippen molar-refractivity contribution in [3.63, 3.8) is 0 Å². The van der Waals surface area contributed by atoms with Crippen LogP contribution >= 0.6 is 0 Å². The normalized spacial score (nSPS) is 49.6. The van der Waals surface area contributed by atoms with Crippen LogP contribution in [0.5, 0.6) is 0 Å². The first-order valence-electron chi connectivity index (χ1n) is 11.8. The van der Waals surface area contributed by atoms with Gasteiger partial charge in [-0.1, -0.05) is 13.8 Å². The van der Waals surface area contributed by atoms with Crippen molar-refractivity contribution in [2.45, 2.75) is 90.3 Å². The Morgan fingerprint density at radius 2 is 1.67 bits per heavy atom. The van der Waals surface area contributed by atoms with Crippen LogP contribution in [0.2, 0.25) is 0 Å². The summed E-state index contributed by atoms with van der Waals surface area (Å²) < 4.78 is 6.30. The average molecular weight is 378 g/mol. The SMILES string of the molecule is CN(C)CCCOC1CCC2(C)C(CCC3C4CCC(O)C4(C)CCC32)C1. The fraction of sp³-hybridized carbons (Fsp3) is 1.00. The first kappa shape index (κ1) is 20.2. The number of hydrogen-bond acceptors (Lipinski definition) is 3. The summed E-state index contributed by atoms with van der Waals surface area (Å²) in [7, 11) is 4.28. The quantitative estimate of drug-likeness (QED) is 0.703. The van der Waals surface area contributed by atoms with E-state index in [2.05, 4.69) is 32.8 Å². The maximum atomic E-state index is 10.6. The van der Waals surface area contributed by atoms with Gasteiger partial charge in [0.15, 0.2) is 0 Å². The molecule has 0 spiro atoms. The van der Waals surface area contributed by atoms with Crippen molar-refractivity contribution in [2.75, 3.05) is 27.2 Å². The number of rotatable bonds is 5. The Balaban J connectivity index is 1.38. The molecular weight excluding hydrogens is 334 g/mol. The standard InChI is InChI=1S/C24H43NO2/c1-23-12-10-18(27-15-5-14-25(3)4)16-17(23)6-7-19-20-8-9-22(26)24(20,2)13-11-21(19)23/h17-22,26H,5-16H2,1-4H3. The van der Waals surface area contributed by atoms with E-state index in [0.29, 0.717) is 11.5 Å². The van der Waals surface area contributed by atoms with Crippen LogP contribution in [-0.2, 0) is 4.74 Å². The van der Waals surface area contributed by atoms with Crippen LogP contribution in [0.15, 0.2) is 0 Å². The lowest BCUT2D eigenvalue weighted by atomic mass is 9.45. The van der Waals surface area contributed by atoms with Crippen molar-refractivity contribution < 1.29 is 9.84 Å². The Bertz CT molecular complexity index is 523. The molecule has 4 fully saturated rings. The molecule has 4 saturated carbocycles. The van der Waals surface area contributed by atoms with Crippen LogP contribution in [-0.4, -0.2) is 49.5 Å². The topological polar surface area (TPSA) is 32.7 Å². The van der Waals surface area contributed by atoms with Crippen LogP contribution in [0.4, 0.5) is 0 Å². The van der Waals surface area contributed by atoms with Gasteiger partial charge in [-0.25, -0.2) is 0 Å². The Morgan fingerprint density at radius 3 is 2.44 bits per heavy atom. The third kappa shape index (κ3) is 3.51. The van der Waals surface area contributed by atoms with Crippen LogP contribution in [0.25, 0.3) is 0 Å². The molecule has 4 rings (SSSR count). The Hall–Kier alpha value is -0.120. The molecule has 0 aromatic heterocycles. The maximum Gasteiger partial charge on any atom is 0.0596 e. The minimum absolute atomic E-state index is 0.0414. The molecule has 0 aromatic rings. The highest BCUT2D eigenvalue weighted by Crippen LogP contribution is 2.66. The summed E-state index contributed by atoms with van der Waals surface area (Å²) in [6.07, 6.45) is 13.3. The minimum Gasteiger partial charge on any atom is -0.393 e. The predicted octanol–water partition coefficient (Wildman–Crippen LogP) is 4.73. The molecule has 27 heavy (non-hydrogen) atoms. The van der Waals surface area contributed by atoms with Gasteiger partial charge in [-0.2, -0.15) is 0 Å². The van der Waals surface area contributed by atoms with E-state index in [4.69, 9.17) is 4.74 Å². The van der Waals surface area contributed by atoms with E-state index < -0.39 is 0 Å². The number of hydrogen-bond donors (Lipinski definition) is 1. The summed E-state index contributed by atoms with van der Waals surface area (Å²) in [4.78, 5) is 2.25. The molecule has 0 heterocycles. The molecule has 3 nitrogen and oxygen atoms in total. The molecule has 8 unspecified atom stereocenters. The van der Waals surface area contributed by atoms with Crippen molar-refractivity contribution in [3.05, 3.63) is 0 Å². The van der Waals surface area contributed by atoms with Gasteiger partial charge in [-0.3, -0.25) is 0 Å². The Kier molecular flexibility index (Phi) is 5.68. The van der Waals surface area contributed by atoms with E-state index in [9.17, 15) is 5.11 Å². The van der Waals surface area contributed by atoms with Gasteiger partial charge in [0.1, 0.15) is 0 Å². The van der Waals surface area contributed by atoms with Crippen LogP contribution in [0.1, 0.15) is 78.1 Å². The lowest BCUT2D eigenvalue weighted by molar-refractivity contribution is -0.140. The summed E-state index contributed by atoms with van der Waals surface area (Å²) in [5.41, 5.74) is 0.748. The number of nitrogens with zero attached hydrogens (tertiary/aromatic N) is 1. The second-order valence-electron chi connectivity index (χ2n) is 11.2. The van der Waals surface area contributed by atoms with Gasteiger partial charge in [0, 0.05) is 6.61 Å². The number of aliphatic hydroxyl groups is 1. The molecule has 4 aliphatic rings. The molecule has 0 amide bonds.